The van der Waals surface area contributed by atoms with Crippen molar-refractivity contribution in [1.82, 2.24) is 18.8 Å². The summed E-state index contributed by atoms with van der Waals surface area (Å²) in [7, 11) is -4.36. The van der Waals surface area contributed by atoms with E-state index in [2.05, 4.69) is 4.98 Å². The van der Waals surface area contributed by atoms with E-state index in [1.165, 1.54) is 0 Å². The first-order chi connectivity index (χ1) is 14.7. The summed E-state index contributed by atoms with van der Waals surface area (Å²) in [6, 6.07) is 8.95. The van der Waals surface area contributed by atoms with E-state index in [4.69, 9.17) is 0 Å². The topological polar surface area (TPSA) is 58.4 Å². The van der Waals surface area contributed by atoms with Crippen molar-refractivity contribution in [2.45, 2.75) is 24.4 Å². The lowest BCUT2D eigenvalue weighted by atomic mass is 10.2. The number of hydrogen-bond acceptors (Lipinski definition) is 4. The van der Waals surface area contributed by atoms with Crippen LogP contribution in [0.1, 0.15) is 25.3 Å². The van der Waals surface area contributed by atoms with Crippen LogP contribution in [0.3, 0.4) is 0 Å². The number of sulfonamides is 1. The number of fused-ring (bicyclic) bond motifs is 1. The fraction of sp³-hybridized carbons (Fsp3) is 0.350. The molecule has 0 N–H and O–H groups in total. The van der Waals surface area contributed by atoms with Crippen molar-refractivity contribution >= 4 is 21.1 Å². The van der Waals surface area contributed by atoms with Gasteiger partial charge >= 0.3 is 6.55 Å². The number of imidazole rings is 1. The number of aromatic nitrogens is 2. The average molecular weight is 456 g/mol. The summed E-state index contributed by atoms with van der Waals surface area (Å²) < 4.78 is 82.9. The minimum absolute atomic E-state index is 0.0324. The van der Waals surface area contributed by atoms with Gasteiger partial charge in [-0.05, 0) is 31.2 Å². The molecule has 4 rings (SSSR count). The van der Waals surface area contributed by atoms with Gasteiger partial charge in [0, 0.05) is 26.2 Å². The lowest BCUT2D eigenvalue weighted by Gasteiger charge is -2.37. The van der Waals surface area contributed by atoms with E-state index >= 15 is 0 Å². The fourth-order valence-electron chi connectivity index (χ4n) is 3.92. The SMILES string of the molecule is CC(c1nc2ccccc2n1C(F)F)N1CCN(S(=O)(=O)c2c(F)cccc2F)CC1. The Hall–Kier alpha value is -2.50. The third kappa shape index (κ3) is 3.81. The molecule has 0 amide bonds. The summed E-state index contributed by atoms with van der Waals surface area (Å²) in [5, 5.41) is 0. The molecule has 2 heterocycles. The standard InChI is InChI=1S/C20H20F4N4O2S/c1-13(19-25-16-7-2-3-8-17(16)28(19)20(23)24)26-9-11-27(12-10-26)31(29,30)18-14(21)5-4-6-15(18)22/h2-8,13,20H,9-12H2,1H3. The van der Waals surface area contributed by atoms with Crippen molar-refractivity contribution in [1.29, 1.82) is 0 Å². The first kappa shape index (κ1) is 21.7. The van der Waals surface area contributed by atoms with Crippen LogP contribution in [0.15, 0.2) is 47.4 Å². The van der Waals surface area contributed by atoms with Crippen molar-refractivity contribution in [3.8, 4) is 0 Å². The molecule has 166 valence electrons. The van der Waals surface area contributed by atoms with Crippen LogP contribution in [0.25, 0.3) is 11.0 Å². The van der Waals surface area contributed by atoms with Gasteiger partial charge in [0.1, 0.15) is 17.5 Å². The van der Waals surface area contributed by atoms with Crippen LogP contribution in [0, 0.1) is 11.6 Å². The normalized spacial score (nSPS) is 17.5. The Kier molecular flexibility index (Phi) is 5.75. The van der Waals surface area contributed by atoms with Crippen molar-refractivity contribution in [3.05, 3.63) is 59.9 Å². The third-order valence-electron chi connectivity index (χ3n) is 5.53. The Morgan fingerprint density at radius 1 is 0.935 bits per heavy atom. The zero-order valence-electron chi connectivity index (χ0n) is 16.6. The summed E-state index contributed by atoms with van der Waals surface area (Å²) in [5.74, 6) is -2.13. The summed E-state index contributed by atoms with van der Waals surface area (Å²) >= 11 is 0. The zero-order valence-corrected chi connectivity index (χ0v) is 17.4. The van der Waals surface area contributed by atoms with Crippen LogP contribution in [-0.4, -0.2) is 53.4 Å². The largest absolute Gasteiger partial charge is 0.320 e. The van der Waals surface area contributed by atoms with Crippen LogP contribution in [0.5, 0.6) is 0 Å². The van der Waals surface area contributed by atoms with Gasteiger partial charge in [-0.15, -0.1) is 0 Å². The molecule has 0 radical (unpaired) electrons. The molecule has 31 heavy (non-hydrogen) atoms. The molecule has 6 nitrogen and oxygen atoms in total. The second-order valence-electron chi connectivity index (χ2n) is 7.27. The van der Waals surface area contributed by atoms with E-state index in [1.807, 2.05) is 4.90 Å². The molecule has 0 aliphatic carbocycles. The highest BCUT2D eigenvalue weighted by Gasteiger charge is 2.35. The van der Waals surface area contributed by atoms with Crippen molar-refractivity contribution in [2.24, 2.45) is 0 Å². The van der Waals surface area contributed by atoms with Crippen LogP contribution in [-0.2, 0) is 10.0 Å². The first-order valence-corrected chi connectivity index (χ1v) is 11.1. The molecule has 11 heteroatoms. The van der Waals surface area contributed by atoms with Crippen molar-refractivity contribution in [3.63, 3.8) is 0 Å². The van der Waals surface area contributed by atoms with Gasteiger partial charge in [0.2, 0.25) is 10.0 Å². The molecule has 1 saturated heterocycles. The lowest BCUT2D eigenvalue weighted by Crippen LogP contribution is -2.49. The second kappa shape index (κ2) is 8.21. The predicted molar refractivity (Wildman–Crippen MR) is 106 cm³/mol. The van der Waals surface area contributed by atoms with Crippen LogP contribution < -0.4 is 0 Å². The maximum absolute atomic E-state index is 14.0. The molecule has 1 aliphatic heterocycles. The van der Waals surface area contributed by atoms with Gasteiger partial charge < -0.3 is 0 Å². The van der Waals surface area contributed by atoms with Crippen LogP contribution >= 0.6 is 0 Å². The monoisotopic (exact) mass is 456 g/mol. The molecule has 0 bridgehead atoms. The maximum Gasteiger partial charge on any atom is 0.320 e. The Labute approximate surface area is 176 Å². The van der Waals surface area contributed by atoms with Gasteiger partial charge in [-0.1, -0.05) is 18.2 Å². The van der Waals surface area contributed by atoms with E-state index < -0.39 is 39.1 Å². The van der Waals surface area contributed by atoms with Crippen LogP contribution in [0.4, 0.5) is 17.6 Å². The summed E-state index contributed by atoms with van der Waals surface area (Å²) in [4.78, 5) is 5.21. The average Bonchev–Trinajstić information content (AvgIpc) is 3.13. The fourth-order valence-corrected chi connectivity index (χ4v) is 5.45. The number of piperazine rings is 1. The predicted octanol–water partition coefficient (Wildman–Crippen LogP) is 3.78. The first-order valence-electron chi connectivity index (χ1n) is 9.65. The number of hydrogen-bond donors (Lipinski definition) is 0. The Morgan fingerprint density at radius 3 is 2.16 bits per heavy atom. The lowest BCUT2D eigenvalue weighted by molar-refractivity contribution is 0.0615. The number of benzene rings is 2. The Morgan fingerprint density at radius 2 is 1.55 bits per heavy atom. The number of alkyl halides is 2. The van der Waals surface area contributed by atoms with Gasteiger partial charge in [-0.3, -0.25) is 9.47 Å². The second-order valence-corrected chi connectivity index (χ2v) is 9.15. The smallest absolute Gasteiger partial charge is 0.291 e. The molecule has 3 aromatic rings. The Balaban J connectivity index is 1.56. The number of rotatable bonds is 5. The molecule has 1 aromatic heterocycles. The summed E-state index contributed by atoms with van der Waals surface area (Å²) in [6.07, 6.45) is 0. The van der Waals surface area contributed by atoms with Gasteiger partial charge in [0.15, 0.2) is 4.90 Å². The molecular weight excluding hydrogens is 436 g/mol. The third-order valence-corrected chi connectivity index (χ3v) is 7.48. The summed E-state index contributed by atoms with van der Waals surface area (Å²) in [6.45, 7) is -0.729. The van der Waals surface area contributed by atoms with E-state index in [9.17, 15) is 26.0 Å². The van der Waals surface area contributed by atoms with E-state index in [0.717, 1.165) is 27.1 Å². The molecule has 0 spiro atoms. The molecule has 1 fully saturated rings. The number of para-hydroxylation sites is 2. The van der Waals surface area contributed by atoms with E-state index in [0.29, 0.717) is 11.0 Å². The number of nitrogens with zero attached hydrogens (tertiary/aromatic N) is 4. The van der Waals surface area contributed by atoms with Gasteiger partial charge in [0.25, 0.3) is 0 Å². The highest BCUT2D eigenvalue weighted by Crippen LogP contribution is 2.31. The van der Waals surface area contributed by atoms with Crippen LogP contribution in [0.2, 0.25) is 0 Å². The maximum atomic E-state index is 14.0. The molecule has 1 atom stereocenters. The highest BCUT2D eigenvalue weighted by atomic mass is 32.2. The highest BCUT2D eigenvalue weighted by molar-refractivity contribution is 7.89. The molecule has 2 aromatic carbocycles. The van der Waals surface area contributed by atoms with Gasteiger partial charge in [-0.2, -0.15) is 13.1 Å². The molecular formula is C20H20F4N4O2S. The van der Waals surface area contributed by atoms with Crippen molar-refractivity contribution in [2.75, 3.05) is 26.2 Å². The molecule has 1 unspecified atom stereocenters. The minimum Gasteiger partial charge on any atom is -0.291 e. The van der Waals surface area contributed by atoms with Gasteiger partial charge in [-0.25, -0.2) is 22.2 Å². The van der Waals surface area contributed by atoms with E-state index in [-0.39, 0.29) is 32.0 Å². The van der Waals surface area contributed by atoms with Gasteiger partial charge in [0.05, 0.1) is 17.1 Å². The quantitative estimate of drug-likeness (QED) is 0.549. The number of halogens is 4. The Bertz CT molecular complexity index is 1190. The van der Waals surface area contributed by atoms with E-state index in [1.54, 1.807) is 31.2 Å². The minimum atomic E-state index is -4.36. The molecule has 0 saturated carbocycles. The van der Waals surface area contributed by atoms with Crippen molar-refractivity contribution < 1.29 is 26.0 Å². The summed E-state index contributed by atoms with van der Waals surface area (Å²) in [5.41, 5.74) is 0.761. The molecule has 1 aliphatic rings. The zero-order chi connectivity index (χ0) is 22.3.